The molecule has 0 aliphatic carbocycles. The minimum atomic E-state index is 0.890. The quantitative estimate of drug-likeness (QED) is 0.188. The average molecular weight is 665 g/mol. The van der Waals surface area contributed by atoms with E-state index in [0.717, 1.165) is 82.9 Å². The van der Waals surface area contributed by atoms with Crippen molar-refractivity contribution in [1.29, 1.82) is 0 Å². The highest BCUT2D eigenvalue weighted by Gasteiger charge is 2.22. The van der Waals surface area contributed by atoms with Crippen LogP contribution in [0.15, 0.2) is 179 Å². The lowest BCUT2D eigenvalue weighted by Gasteiger charge is -2.11. The zero-order valence-electron chi connectivity index (χ0n) is 27.9. The molecule has 0 aliphatic heterocycles. The van der Waals surface area contributed by atoms with Crippen molar-refractivity contribution in [2.24, 2.45) is 0 Å². The second-order valence-electron chi connectivity index (χ2n) is 13.6. The summed E-state index contributed by atoms with van der Waals surface area (Å²) in [6.45, 7) is 0. The van der Waals surface area contributed by atoms with Gasteiger partial charge in [0.1, 0.15) is 11.2 Å². The van der Waals surface area contributed by atoms with Gasteiger partial charge in [0.05, 0.1) is 33.4 Å². The molecule has 0 fully saturated rings. The fourth-order valence-corrected chi connectivity index (χ4v) is 8.73. The molecule has 52 heavy (non-hydrogen) atoms. The van der Waals surface area contributed by atoms with Crippen molar-refractivity contribution in [3.63, 3.8) is 0 Å². The van der Waals surface area contributed by atoms with E-state index in [2.05, 4.69) is 161 Å². The molecule has 0 aliphatic rings. The number of hydrogen-bond donors (Lipinski definition) is 0. The maximum atomic E-state index is 6.59. The molecule has 0 saturated carbocycles. The molecule has 0 spiro atoms. The molecule has 0 saturated heterocycles. The Labute approximate surface area is 296 Å². The Kier molecular flexibility index (Phi) is 5.47. The van der Waals surface area contributed by atoms with E-state index in [1.54, 1.807) is 0 Å². The van der Waals surface area contributed by atoms with E-state index in [0.29, 0.717) is 0 Å². The fraction of sp³-hybridized carbons (Fsp3) is 0. The first-order valence-electron chi connectivity index (χ1n) is 17.7. The van der Waals surface area contributed by atoms with E-state index in [4.69, 9.17) is 8.83 Å². The second kappa shape index (κ2) is 10.3. The number of para-hydroxylation sites is 6. The van der Waals surface area contributed by atoms with Gasteiger partial charge in [0.15, 0.2) is 11.2 Å². The monoisotopic (exact) mass is 664 g/mol. The summed E-state index contributed by atoms with van der Waals surface area (Å²) in [7, 11) is 0. The smallest absolute Gasteiger partial charge is 0.159 e. The summed E-state index contributed by atoms with van der Waals surface area (Å²) in [5.74, 6) is 0. The van der Waals surface area contributed by atoms with Gasteiger partial charge in [-0.05, 0) is 59.7 Å². The summed E-state index contributed by atoms with van der Waals surface area (Å²) in [5.41, 5.74) is 12.6. The fourth-order valence-electron chi connectivity index (χ4n) is 8.73. The SMILES string of the molecule is c1ccc2c(c1)oc1c(-n3c4ccccc4c4ccc(-c5cccc6c5c5ccccc5n6-c5cccc6c5oc5ccccc56)cc43)cccc12. The van der Waals surface area contributed by atoms with Crippen molar-refractivity contribution < 1.29 is 8.83 Å². The third-order valence-corrected chi connectivity index (χ3v) is 10.9. The van der Waals surface area contributed by atoms with Crippen molar-refractivity contribution >= 4 is 87.5 Å². The van der Waals surface area contributed by atoms with E-state index < -0.39 is 0 Å². The summed E-state index contributed by atoms with van der Waals surface area (Å²) in [5, 5.41) is 9.33. The van der Waals surface area contributed by atoms with Crippen molar-refractivity contribution in [3.05, 3.63) is 170 Å². The van der Waals surface area contributed by atoms with Gasteiger partial charge in [-0.25, -0.2) is 0 Å². The van der Waals surface area contributed by atoms with Crippen LogP contribution in [0.25, 0.3) is 110 Å². The van der Waals surface area contributed by atoms with Gasteiger partial charge >= 0.3 is 0 Å². The maximum Gasteiger partial charge on any atom is 0.159 e. The van der Waals surface area contributed by atoms with Crippen molar-refractivity contribution in [1.82, 2.24) is 9.13 Å². The largest absolute Gasteiger partial charge is 0.454 e. The summed E-state index contributed by atoms with van der Waals surface area (Å²) in [6.07, 6.45) is 0. The van der Waals surface area contributed by atoms with E-state index in [-0.39, 0.29) is 0 Å². The van der Waals surface area contributed by atoms with E-state index >= 15 is 0 Å². The number of aromatic nitrogens is 2. The normalized spacial score (nSPS) is 12.2. The number of fused-ring (bicyclic) bond motifs is 12. The molecule has 8 aromatic carbocycles. The van der Waals surface area contributed by atoms with Gasteiger partial charge in [-0.3, -0.25) is 0 Å². The molecular formula is C48H28N2O2. The topological polar surface area (TPSA) is 36.1 Å². The van der Waals surface area contributed by atoms with Gasteiger partial charge in [0.25, 0.3) is 0 Å². The predicted octanol–water partition coefficient (Wildman–Crippen LogP) is 13.3. The van der Waals surface area contributed by atoms with Crippen LogP contribution in [0.3, 0.4) is 0 Å². The third-order valence-electron chi connectivity index (χ3n) is 10.9. The lowest BCUT2D eigenvalue weighted by molar-refractivity contribution is 0.666. The van der Waals surface area contributed by atoms with Gasteiger partial charge < -0.3 is 18.0 Å². The highest BCUT2D eigenvalue weighted by molar-refractivity contribution is 6.19. The van der Waals surface area contributed by atoms with Crippen LogP contribution >= 0.6 is 0 Å². The van der Waals surface area contributed by atoms with Crippen LogP contribution < -0.4 is 0 Å². The van der Waals surface area contributed by atoms with Crippen LogP contribution in [-0.4, -0.2) is 9.13 Å². The Balaban J connectivity index is 1.15. The zero-order valence-corrected chi connectivity index (χ0v) is 27.9. The molecule has 0 radical (unpaired) electrons. The lowest BCUT2D eigenvalue weighted by Crippen LogP contribution is -1.95. The van der Waals surface area contributed by atoms with Crippen LogP contribution in [0.5, 0.6) is 0 Å². The Morgan fingerprint density at radius 1 is 0.327 bits per heavy atom. The van der Waals surface area contributed by atoms with E-state index in [9.17, 15) is 0 Å². The van der Waals surface area contributed by atoms with Gasteiger partial charge in [-0.15, -0.1) is 0 Å². The van der Waals surface area contributed by atoms with Gasteiger partial charge in [-0.1, -0.05) is 121 Å². The molecule has 0 unspecified atom stereocenters. The third kappa shape index (κ3) is 3.65. The first-order chi connectivity index (χ1) is 25.8. The standard InChI is InChI=1S/C48H28N2O2/c1-5-19-38-31(12-1)32-27-26-29(28-43(32)50(38)42-23-11-18-36-34-14-4-8-25-45(34)52-48(36)42)30-16-9-21-40-46(30)37-15-2-6-20-39(37)49(40)41-22-10-17-35-33-13-3-7-24-44(33)51-47(35)41/h1-28H. The van der Waals surface area contributed by atoms with Crippen molar-refractivity contribution in [2.45, 2.75) is 0 Å². The molecule has 0 amide bonds. The maximum absolute atomic E-state index is 6.59. The predicted molar refractivity (Wildman–Crippen MR) is 215 cm³/mol. The van der Waals surface area contributed by atoms with Crippen molar-refractivity contribution in [2.75, 3.05) is 0 Å². The molecule has 4 heterocycles. The van der Waals surface area contributed by atoms with Crippen LogP contribution in [-0.2, 0) is 0 Å². The molecule has 4 aromatic heterocycles. The highest BCUT2D eigenvalue weighted by atomic mass is 16.3. The van der Waals surface area contributed by atoms with E-state index in [1.807, 2.05) is 18.2 Å². The molecule has 12 aromatic rings. The number of hydrogen-bond acceptors (Lipinski definition) is 2. The Hall–Kier alpha value is -7.04. The molecule has 0 atom stereocenters. The van der Waals surface area contributed by atoms with Gasteiger partial charge in [0, 0.05) is 43.1 Å². The number of furan rings is 2. The molecule has 4 heteroatoms. The molecular weight excluding hydrogens is 637 g/mol. The molecule has 0 N–H and O–H groups in total. The van der Waals surface area contributed by atoms with Gasteiger partial charge in [0.2, 0.25) is 0 Å². The van der Waals surface area contributed by atoms with Crippen LogP contribution in [0.2, 0.25) is 0 Å². The first-order valence-corrected chi connectivity index (χ1v) is 17.7. The summed E-state index contributed by atoms with van der Waals surface area (Å²) in [4.78, 5) is 0. The van der Waals surface area contributed by atoms with Crippen molar-refractivity contribution in [3.8, 4) is 22.5 Å². The Morgan fingerprint density at radius 2 is 0.808 bits per heavy atom. The average Bonchev–Trinajstić information content (AvgIpc) is 3.95. The minimum Gasteiger partial charge on any atom is -0.454 e. The Morgan fingerprint density at radius 3 is 1.48 bits per heavy atom. The van der Waals surface area contributed by atoms with Crippen LogP contribution in [0.4, 0.5) is 0 Å². The second-order valence-corrected chi connectivity index (χ2v) is 13.6. The zero-order chi connectivity index (χ0) is 33.9. The highest BCUT2D eigenvalue weighted by Crippen LogP contribution is 2.43. The summed E-state index contributed by atoms with van der Waals surface area (Å²) < 4.78 is 17.9. The number of rotatable bonds is 3. The minimum absolute atomic E-state index is 0.890. The number of benzene rings is 8. The van der Waals surface area contributed by atoms with Crippen LogP contribution in [0.1, 0.15) is 0 Å². The van der Waals surface area contributed by atoms with Crippen LogP contribution in [0, 0.1) is 0 Å². The molecule has 242 valence electrons. The molecule has 0 bridgehead atoms. The summed E-state index contributed by atoms with van der Waals surface area (Å²) in [6, 6.07) is 60.5. The lowest BCUT2D eigenvalue weighted by atomic mass is 9.98. The van der Waals surface area contributed by atoms with Gasteiger partial charge in [-0.2, -0.15) is 0 Å². The molecule has 4 nitrogen and oxygen atoms in total. The number of nitrogens with zero attached hydrogens (tertiary/aromatic N) is 2. The Bertz CT molecular complexity index is 3420. The first kappa shape index (κ1) is 27.7. The summed E-state index contributed by atoms with van der Waals surface area (Å²) >= 11 is 0. The molecule has 12 rings (SSSR count). The van der Waals surface area contributed by atoms with E-state index in [1.165, 1.54) is 27.1 Å².